The summed E-state index contributed by atoms with van der Waals surface area (Å²) in [5.41, 5.74) is 0.601. The van der Waals surface area contributed by atoms with Crippen LogP contribution < -0.4 is 5.69 Å². The SMILES string of the molecule is Cn1nc(-c2ccccc2Cl)n(C)c1=O. The number of benzene rings is 1. The molecule has 1 aromatic heterocycles. The second-order valence-corrected chi connectivity index (χ2v) is 3.68. The van der Waals surface area contributed by atoms with Crippen LogP contribution in [-0.2, 0) is 14.1 Å². The molecule has 1 aromatic carbocycles. The molecule has 0 bridgehead atoms. The van der Waals surface area contributed by atoms with Gasteiger partial charge < -0.3 is 0 Å². The molecule has 0 aliphatic heterocycles. The summed E-state index contributed by atoms with van der Waals surface area (Å²) in [7, 11) is 3.29. The van der Waals surface area contributed by atoms with Gasteiger partial charge in [-0.15, -0.1) is 5.10 Å². The topological polar surface area (TPSA) is 39.8 Å². The Morgan fingerprint density at radius 3 is 2.47 bits per heavy atom. The lowest BCUT2D eigenvalue weighted by atomic mass is 10.2. The average molecular weight is 224 g/mol. The average Bonchev–Trinajstić information content (AvgIpc) is 2.47. The van der Waals surface area contributed by atoms with Crippen LogP contribution in [0.25, 0.3) is 11.4 Å². The van der Waals surface area contributed by atoms with Crippen molar-refractivity contribution in [2.75, 3.05) is 0 Å². The Labute approximate surface area is 91.7 Å². The van der Waals surface area contributed by atoms with Crippen molar-refractivity contribution >= 4 is 11.6 Å². The monoisotopic (exact) mass is 223 g/mol. The van der Waals surface area contributed by atoms with E-state index in [-0.39, 0.29) is 5.69 Å². The van der Waals surface area contributed by atoms with Crippen molar-refractivity contribution in [1.29, 1.82) is 0 Å². The number of halogens is 1. The van der Waals surface area contributed by atoms with Crippen LogP contribution in [0.5, 0.6) is 0 Å². The molecule has 4 nitrogen and oxygen atoms in total. The standard InChI is InChI=1S/C10H10ClN3O/c1-13-9(12-14(2)10(13)15)7-5-3-4-6-8(7)11/h3-6H,1-2H3. The minimum atomic E-state index is -0.162. The molecule has 0 unspecified atom stereocenters. The lowest BCUT2D eigenvalue weighted by Crippen LogP contribution is -2.20. The first-order valence-corrected chi connectivity index (χ1v) is 4.84. The highest BCUT2D eigenvalue weighted by Gasteiger charge is 2.11. The smallest absolute Gasteiger partial charge is 0.278 e. The van der Waals surface area contributed by atoms with Crippen molar-refractivity contribution in [1.82, 2.24) is 14.3 Å². The normalized spacial score (nSPS) is 10.6. The van der Waals surface area contributed by atoms with Crippen LogP contribution in [0.3, 0.4) is 0 Å². The third kappa shape index (κ3) is 1.57. The molecule has 15 heavy (non-hydrogen) atoms. The first-order valence-electron chi connectivity index (χ1n) is 4.46. The van der Waals surface area contributed by atoms with Crippen LogP contribution in [0.1, 0.15) is 0 Å². The van der Waals surface area contributed by atoms with E-state index in [1.165, 1.54) is 9.25 Å². The molecule has 0 atom stereocenters. The van der Waals surface area contributed by atoms with Crippen LogP contribution >= 0.6 is 11.6 Å². The highest BCUT2D eigenvalue weighted by molar-refractivity contribution is 6.33. The number of aryl methyl sites for hydroxylation is 1. The van der Waals surface area contributed by atoms with Crippen LogP contribution in [0, 0.1) is 0 Å². The van der Waals surface area contributed by atoms with E-state index < -0.39 is 0 Å². The van der Waals surface area contributed by atoms with E-state index >= 15 is 0 Å². The maximum atomic E-state index is 11.5. The van der Waals surface area contributed by atoms with Gasteiger partial charge in [0.25, 0.3) is 0 Å². The van der Waals surface area contributed by atoms with E-state index in [1.54, 1.807) is 20.2 Å². The second-order valence-electron chi connectivity index (χ2n) is 3.27. The molecule has 0 aliphatic rings. The summed E-state index contributed by atoms with van der Waals surface area (Å²) < 4.78 is 2.76. The maximum Gasteiger partial charge on any atom is 0.345 e. The van der Waals surface area contributed by atoms with E-state index in [1.807, 2.05) is 18.2 Å². The van der Waals surface area contributed by atoms with Gasteiger partial charge in [-0.2, -0.15) is 0 Å². The Bertz CT molecular complexity index is 556. The van der Waals surface area contributed by atoms with E-state index in [9.17, 15) is 4.79 Å². The fraction of sp³-hybridized carbons (Fsp3) is 0.200. The summed E-state index contributed by atoms with van der Waals surface area (Å²) in [6.45, 7) is 0. The van der Waals surface area contributed by atoms with E-state index in [0.29, 0.717) is 10.8 Å². The van der Waals surface area contributed by atoms with Crippen LogP contribution in [-0.4, -0.2) is 14.3 Å². The third-order valence-electron chi connectivity index (χ3n) is 2.24. The highest BCUT2D eigenvalue weighted by atomic mass is 35.5. The molecule has 1 heterocycles. The minimum Gasteiger partial charge on any atom is -0.278 e. The predicted octanol–water partition coefficient (Wildman–Crippen LogP) is 1.44. The minimum absolute atomic E-state index is 0.162. The van der Waals surface area contributed by atoms with Gasteiger partial charge in [-0.05, 0) is 12.1 Å². The van der Waals surface area contributed by atoms with Crippen molar-refractivity contribution in [3.05, 3.63) is 39.8 Å². The van der Waals surface area contributed by atoms with E-state index in [2.05, 4.69) is 5.10 Å². The largest absolute Gasteiger partial charge is 0.345 e. The molecule has 0 radical (unpaired) electrons. The first kappa shape index (κ1) is 9.98. The van der Waals surface area contributed by atoms with E-state index in [4.69, 9.17) is 11.6 Å². The highest BCUT2D eigenvalue weighted by Crippen LogP contribution is 2.24. The molecule has 5 heteroatoms. The second kappa shape index (κ2) is 3.55. The van der Waals surface area contributed by atoms with Gasteiger partial charge in [0.15, 0.2) is 5.82 Å². The Balaban J connectivity index is 2.70. The number of rotatable bonds is 1. The van der Waals surface area contributed by atoms with Crippen LogP contribution in [0.15, 0.2) is 29.1 Å². The summed E-state index contributed by atoms with van der Waals surface area (Å²) in [6.07, 6.45) is 0. The third-order valence-corrected chi connectivity index (χ3v) is 2.57. The number of hydrogen-bond donors (Lipinski definition) is 0. The van der Waals surface area contributed by atoms with Crippen LogP contribution in [0.2, 0.25) is 5.02 Å². The molecule has 2 aromatic rings. The fourth-order valence-corrected chi connectivity index (χ4v) is 1.66. The van der Waals surface area contributed by atoms with Gasteiger partial charge in [0.2, 0.25) is 0 Å². The van der Waals surface area contributed by atoms with Gasteiger partial charge in [-0.25, -0.2) is 9.48 Å². The Morgan fingerprint density at radius 2 is 1.93 bits per heavy atom. The van der Waals surface area contributed by atoms with Gasteiger partial charge in [-0.3, -0.25) is 4.57 Å². The number of aromatic nitrogens is 3. The van der Waals surface area contributed by atoms with Gasteiger partial charge in [0.1, 0.15) is 0 Å². The Hall–Kier alpha value is -1.55. The molecule has 0 saturated heterocycles. The van der Waals surface area contributed by atoms with Crippen molar-refractivity contribution in [2.24, 2.45) is 14.1 Å². The van der Waals surface area contributed by atoms with Crippen molar-refractivity contribution in [2.45, 2.75) is 0 Å². The van der Waals surface area contributed by atoms with Crippen molar-refractivity contribution < 1.29 is 0 Å². The molecule has 2 rings (SSSR count). The lowest BCUT2D eigenvalue weighted by molar-refractivity contribution is 0.714. The molecular weight excluding hydrogens is 214 g/mol. The quantitative estimate of drug-likeness (QED) is 0.734. The van der Waals surface area contributed by atoms with Crippen LogP contribution in [0.4, 0.5) is 0 Å². The van der Waals surface area contributed by atoms with Gasteiger partial charge in [0, 0.05) is 19.7 Å². The summed E-state index contributed by atoms with van der Waals surface area (Å²) in [5.74, 6) is 0.577. The number of nitrogens with zero attached hydrogens (tertiary/aromatic N) is 3. The summed E-state index contributed by atoms with van der Waals surface area (Å²) in [4.78, 5) is 11.5. The molecule has 0 amide bonds. The summed E-state index contributed by atoms with van der Waals surface area (Å²) in [5, 5.41) is 4.71. The fourth-order valence-electron chi connectivity index (χ4n) is 1.44. The molecule has 0 fully saturated rings. The molecule has 0 saturated carbocycles. The molecule has 78 valence electrons. The first-order chi connectivity index (χ1) is 7.11. The Morgan fingerprint density at radius 1 is 1.27 bits per heavy atom. The van der Waals surface area contributed by atoms with Crippen molar-refractivity contribution in [3.8, 4) is 11.4 Å². The zero-order valence-corrected chi connectivity index (χ0v) is 9.19. The summed E-state index contributed by atoms with van der Waals surface area (Å²) in [6, 6.07) is 7.31. The van der Waals surface area contributed by atoms with E-state index in [0.717, 1.165) is 5.56 Å². The summed E-state index contributed by atoms with van der Waals surface area (Å²) >= 11 is 6.03. The zero-order valence-electron chi connectivity index (χ0n) is 8.44. The number of hydrogen-bond acceptors (Lipinski definition) is 2. The lowest BCUT2D eigenvalue weighted by Gasteiger charge is -2.01. The predicted molar refractivity (Wildman–Crippen MR) is 58.9 cm³/mol. The maximum absolute atomic E-state index is 11.5. The van der Waals surface area contributed by atoms with Gasteiger partial charge >= 0.3 is 5.69 Å². The molecule has 0 aliphatic carbocycles. The van der Waals surface area contributed by atoms with Crippen molar-refractivity contribution in [3.63, 3.8) is 0 Å². The van der Waals surface area contributed by atoms with Gasteiger partial charge in [0.05, 0.1) is 5.02 Å². The zero-order chi connectivity index (χ0) is 11.0. The van der Waals surface area contributed by atoms with Gasteiger partial charge in [-0.1, -0.05) is 23.7 Å². The Kier molecular flexibility index (Phi) is 2.36. The molecule has 0 N–H and O–H groups in total. The molecular formula is C10H10ClN3O. The molecule has 0 spiro atoms.